The minimum atomic E-state index is -0.301. The number of phenolic OH excluding ortho intramolecular Hbond substituents is 5. The number of phenols is 5. The number of benzene rings is 7. The van der Waals surface area contributed by atoms with Gasteiger partial charge in [0.2, 0.25) is 0 Å². The fourth-order valence-electron chi connectivity index (χ4n) is 10.9. The Kier molecular flexibility index (Phi) is 15.6. The van der Waals surface area contributed by atoms with Gasteiger partial charge in [0.25, 0.3) is 0 Å². The lowest BCUT2D eigenvalue weighted by atomic mass is 9.79. The van der Waals surface area contributed by atoms with Crippen LogP contribution in [0.15, 0.2) is 103 Å². The average molecular weight is 1060 g/mol. The van der Waals surface area contributed by atoms with Crippen LogP contribution in [0.3, 0.4) is 0 Å². The molecule has 1 aliphatic rings. The predicted octanol–water partition coefficient (Wildman–Crippen LogP) is 17.4. The SMILES string of the molecule is CC(C)(C)c1cc2c(O)c(c1)Cc1cc(C(C)(C)C)cc(c1O)Cc1cc(C(C)(C)C)cc(c1O)Cc1cc(C(C)(C)C)cc(c1OCc1ccccc1)Cc1cc(C(C)(C)C)cc(c1O)Cc1cc(C(C)(C)C)cc(c1O)C2. The van der Waals surface area contributed by atoms with Gasteiger partial charge in [-0.2, -0.15) is 0 Å². The van der Waals surface area contributed by atoms with Crippen LogP contribution in [0.1, 0.15) is 230 Å². The molecule has 7 aromatic rings. The number of hydrogen-bond donors (Lipinski definition) is 5. The van der Waals surface area contributed by atoms with Crippen LogP contribution < -0.4 is 4.74 Å². The molecular weight excluding hydrogens is 973 g/mol. The van der Waals surface area contributed by atoms with Gasteiger partial charge in [0.1, 0.15) is 41.1 Å². The molecule has 0 fully saturated rings. The Morgan fingerprint density at radius 3 is 0.646 bits per heavy atom. The van der Waals surface area contributed by atoms with Gasteiger partial charge in [-0.15, -0.1) is 0 Å². The molecule has 0 aromatic heterocycles. The van der Waals surface area contributed by atoms with Gasteiger partial charge >= 0.3 is 0 Å². The molecule has 0 spiro atoms. The first-order valence-corrected chi connectivity index (χ1v) is 28.5. The number of aromatic hydroxyl groups is 5. The maximum Gasteiger partial charge on any atom is 0.126 e. The number of rotatable bonds is 3. The minimum Gasteiger partial charge on any atom is -0.507 e. The molecule has 7 aromatic carbocycles. The summed E-state index contributed by atoms with van der Waals surface area (Å²) in [6, 6.07) is 35.5. The zero-order chi connectivity index (χ0) is 58.1. The van der Waals surface area contributed by atoms with Crippen molar-refractivity contribution in [2.24, 2.45) is 0 Å². The van der Waals surface area contributed by atoms with Crippen molar-refractivity contribution in [2.45, 2.75) is 202 Å². The Hall–Kier alpha value is -6.66. The van der Waals surface area contributed by atoms with Crippen LogP contribution in [0.2, 0.25) is 0 Å². The van der Waals surface area contributed by atoms with E-state index in [1.807, 2.05) is 18.2 Å². The van der Waals surface area contributed by atoms with Gasteiger partial charge in [0.05, 0.1) is 0 Å². The third-order valence-corrected chi connectivity index (χ3v) is 16.3. The molecule has 6 nitrogen and oxygen atoms in total. The highest BCUT2D eigenvalue weighted by atomic mass is 16.5. The molecule has 418 valence electrons. The van der Waals surface area contributed by atoms with Crippen molar-refractivity contribution in [3.63, 3.8) is 0 Å². The second-order valence-electron chi connectivity index (χ2n) is 29.2. The molecule has 6 heteroatoms. The van der Waals surface area contributed by atoms with Gasteiger partial charge < -0.3 is 30.3 Å². The van der Waals surface area contributed by atoms with E-state index < -0.39 is 0 Å². The summed E-state index contributed by atoms with van der Waals surface area (Å²) in [4.78, 5) is 0. The highest BCUT2D eigenvalue weighted by Gasteiger charge is 2.30. The van der Waals surface area contributed by atoms with E-state index in [9.17, 15) is 25.5 Å². The van der Waals surface area contributed by atoms with Gasteiger partial charge in [0, 0.05) is 38.5 Å². The molecule has 1 aliphatic carbocycles. The van der Waals surface area contributed by atoms with Gasteiger partial charge in [-0.3, -0.25) is 0 Å². The lowest BCUT2D eigenvalue weighted by Gasteiger charge is -2.27. The standard InChI is InChI=1S/C73H90O6/c1-68(2,3)56-30-44-24-46-32-57(69(4,5)6)34-48(63(46)75)26-50-36-59(71(10,11)12)38-52(65(50)77)28-54-40-61(73(16,17)18)41-55(67(54)79-42-43-22-20-19-21-23-43)29-53-39-60(72(13,14)15)37-51(66(53)78)27-49-35-58(70(7,8)9)33-47(64(49)76)25-45(31-56)62(44)74/h19-23,30-41,74-78H,24-29,42H2,1-18H3. The molecule has 8 rings (SSSR count). The van der Waals surface area contributed by atoms with Crippen molar-refractivity contribution >= 4 is 0 Å². The first-order valence-electron chi connectivity index (χ1n) is 28.5. The quantitative estimate of drug-likeness (QED) is 0.121. The third kappa shape index (κ3) is 13.0. The monoisotopic (exact) mass is 1060 g/mol. The van der Waals surface area contributed by atoms with Crippen molar-refractivity contribution in [2.75, 3.05) is 0 Å². The molecule has 0 heterocycles. The summed E-state index contributed by atoms with van der Waals surface area (Å²) >= 11 is 0. The second-order valence-corrected chi connectivity index (χ2v) is 29.2. The highest BCUT2D eigenvalue weighted by molar-refractivity contribution is 5.61. The summed E-state index contributed by atoms with van der Waals surface area (Å²) in [6.07, 6.45) is 1.70. The maximum atomic E-state index is 12.8. The largest absolute Gasteiger partial charge is 0.507 e. The summed E-state index contributed by atoms with van der Waals surface area (Å²) in [6.45, 7) is 39.6. The van der Waals surface area contributed by atoms with Gasteiger partial charge in [-0.25, -0.2) is 0 Å². The maximum absolute atomic E-state index is 12.8. The van der Waals surface area contributed by atoms with Gasteiger partial charge in [0.15, 0.2) is 0 Å². The first kappa shape index (κ1) is 58.5. The highest BCUT2D eigenvalue weighted by Crippen LogP contribution is 2.45. The van der Waals surface area contributed by atoms with E-state index in [4.69, 9.17) is 4.74 Å². The molecule has 0 unspecified atom stereocenters. The fourth-order valence-corrected chi connectivity index (χ4v) is 10.9. The molecular formula is C73H90O6. The fraction of sp³-hybridized carbons (Fsp3) is 0.425. The summed E-state index contributed by atoms with van der Waals surface area (Å²) in [7, 11) is 0. The lowest BCUT2D eigenvalue weighted by Crippen LogP contribution is -2.16. The molecule has 5 N–H and O–H groups in total. The van der Waals surface area contributed by atoms with Crippen LogP contribution in [0.5, 0.6) is 34.5 Å². The Morgan fingerprint density at radius 2 is 0.456 bits per heavy atom. The third-order valence-electron chi connectivity index (χ3n) is 16.3. The number of hydrogen-bond acceptors (Lipinski definition) is 6. The summed E-state index contributed by atoms with van der Waals surface area (Å²) < 4.78 is 7.09. The van der Waals surface area contributed by atoms with Crippen molar-refractivity contribution in [3.8, 4) is 34.5 Å². The molecule has 0 amide bonds. The normalized spacial score (nSPS) is 13.9. The van der Waals surface area contributed by atoms with Gasteiger partial charge in [-0.1, -0.05) is 228 Å². The molecule has 0 saturated carbocycles. The number of fused-ring (bicyclic) bond motifs is 12. The summed E-state index contributed by atoms with van der Waals surface area (Å²) in [5, 5.41) is 63.5. The van der Waals surface area contributed by atoms with Crippen molar-refractivity contribution in [1.29, 1.82) is 0 Å². The minimum absolute atomic E-state index is 0.122. The van der Waals surface area contributed by atoms with Crippen LogP contribution in [-0.2, 0) is 77.6 Å². The van der Waals surface area contributed by atoms with E-state index in [1.165, 1.54) is 0 Å². The number of ether oxygens (including phenoxy) is 1. The Bertz CT molecular complexity index is 3230. The lowest BCUT2D eigenvalue weighted by molar-refractivity contribution is 0.300. The Labute approximate surface area is 473 Å². The van der Waals surface area contributed by atoms with E-state index in [0.29, 0.717) is 69.7 Å². The van der Waals surface area contributed by atoms with Crippen LogP contribution in [0, 0.1) is 0 Å². The predicted molar refractivity (Wildman–Crippen MR) is 327 cm³/mol. The summed E-state index contributed by atoms with van der Waals surface area (Å²) in [5.41, 5.74) is 14.4. The molecule has 79 heavy (non-hydrogen) atoms. The summed E-state index contributed by atoms with van der Waals surface area (Å²) in [5.74, 6) is 1.43. The topological polar surface area (TPSA) is 110 Å². The Balaban J connectivity index is 1.47. The van der Waals surface area contributed by atoms with E-state index in [2.05, 4.69) is 210 Å². The zero-order valence-electron chi connectivity index (χ0n) is 50.9. The molecule has 0 atom stereocenters. The van der Waals surface area contributed by atoms with Gasteiger partial charge in [-0.05, 0) is 138 Å². The van der Waals surface area contributed by atoms with E-state index in [1.54, 1.807) is 0 Å². The van der Waals surface area contributed by atoms with Crippen molar-refractivity contribution in [1.82, 2.24) is 0 Å². The van der Waals surface area contributed by atoms with Crippen molar-refractivity contribution < 1.29 is 30.3 Å². The molecule has 0 saturated heterocycles. The zero-order valence-corrected chi connectivity index (χ0v) is 50.9. The molecule has 0 radical (unpaired) electrons. The van der Waals surface area contributed by atoms with E-state index in [0.717, 1.165) is 61.2 Å². The van der Waals surface area contributed by atoms with Crippen molar-refractivity contribution in [3.05, 3.63) is 209 Å². The second kappa shape index (κ2) is 21.1. The smallest absolute Gasteiger partial charge is 0.126 e. The first-order chi connectivity index (χ1) is 36.4. The van der Waals surface area contributed by atoms with Crippen LogP contribution in [0.25, 0.3) is 0 Å². The van der Waals surface area contributed by atoms with Crippen LogP contribution in [0.4, 0.5) is 0 Å². The molecule has 12 bridgehead atoms. The Morgan fingerprint density at radius 1 is 0.278 bits per heavy atom. The molecule has 0 aliphatic heterocycles. The van der Waals surface area contributed by atoms with Crippen LogP contribution >= 0.6 is 0 Å². The van der Waals surface area contributed by atoms with E-state index in [-0.39, 0.29) is 86.9 Å². The average Bonchev–Trinajstić information content (AvgIpc) is 3.46. The van der Waals surface area contributed by atoms with E-state index >= 15 is 0 Å². The van der Waals surface area contributed by atoms with Crippen LogP contribution in [-0.4, -0.2) is 25.5 Å².